The van der Waals surface area contributed by atoms with Gasteiger partial charge in [-0.1, -0.05) is 78.3 Å². The second-order valence-electron chi connectivity index (χ2n) is 12.0. The first-order valence-corrected chi connectivity index (χ1v) is 18.0. The van der Waals surface area contributed by atoms with Crippen molar-refractivity contribution < 1.29 is 42.5 Å². The van der Waals surface area contributed by atoms with Crippen molar-refractivity contribution in [1.29, 1.82) is 0 Å². The molecule has 0 saturated carbocycles. The molecular formula is C39H31ClN2O9S. The minimum absolute atomic E-state index is 0.0218. The van der Waals surface area contributed by atoms with Crippen molar-refractivity contribution in [3.05, 3.63) is 159 Å². The van der Waals surface area contributed by atoms with Crippen molar-refractivity contribution in [3.63, 3.8) is 0 Å². The van der Waals surface area contributed by atoms with Crippen molar-refractivity contribution in [1.82, 2.24) is 9.62 Å². The van der Waals surface area contributed by atoms with Crippen LogP contribution >= 0.6 is 11.6 Å². The topological polar surface area (TPSA) is 167 Å². The summed E-state index contributed by atoms with van der Waals surface area (Å²) in [5.74, 6) is -4.81. The first-order valence-electron chi connectivity index (χ1n) is 16.1. The summed E-state index contributed by atoms with van der Waals surface area (Å²) in [6.45, 7) is -0.0218. The zero-order valence-electron chi connectivity index (χ0n) is 27.4. The number of amides is 2. The molecule has 2 amide bonds. The van der Waals surface area contributed by atoms with Gasteiger partial charge in [-0.2, -0.15) is 0 Å². The summed E-state index contributed by atoms with van der Waals surface area (Å²) < 4.78 is 34.2. The third-order valence-corrected chi connectivity index (χ3v) is 10.5. The molecule has 13 heteroatoms. The molecule has 0 radical (unpaired) electrons. The molecule has 0 fully saturated rings. The first-order chi connectivity index (χ1) is 24.9. The van der Waals surface area contributed by atoms with E-state index in [2.05, 4.69) is 0 Å². The number of hydrogen-bond donors (Lipinski definition) is 3. The Bertz CT molecular complexity index is 2310. The number of nitrogens with zero attached hydrogens (tertiary/aromatic N) is 1. The van der Waals surface area contributed by atoms with Crippen molar-refractivity contribution in [2.24, 2.45) is 0 Å². The predicted octanol–water partition coefficient (Wildman–Crippen LogP) is 7.37. The number of benzene rings is 5. The summed E-state index contributed by atoms with van der Waals surface area (Å²) in [6, 6.07) is 30.4. The van der Waals surface area contributed by atoms with Gasteiger partial charge in [0.1, 0.15) is 16.4 Å². The maximum atomic E-state index is 14.8. The molecule has 5 aromatic carbocycles. The summed E-state index contributed by atoms with van der Waals surface area (Å²) in [5.41, 5.74) is -0.772. The zero-order valence-corrected chi connectivity index (χ0v) is 28.9. The third-order valence-electron chi connectivity index (χ3n) is 8.67. The van der Waals surface area contributed by atoms with Crippen LogP contribution in [0, 0.1) is 0 Å². The molecule has 11 nitrogen and oxygen atoms in total. The SMILES string of the molecule is O=C(O)c1ccc(C(=O)N(Cc2cccc(Oc3ccccc3)c2)[C@H]2CCCc3ccccc32)c(C(=O)O)c1C(=O)NS(=O)(=O)c1ccccc1Cl. The fourth-order valence-corrected chi connectivity index (χ4v) is 7.85. The molecule has 0 aliphatic heterocycles. The van der Waals surface area contributed by atoms with E-state index in [9.17, 15) is 37.8 Å². The smallest absolute Gasteiger partial charge is 0.337 e. The molecule has 264 valence electrons. The number of rotatable bonds is 11. The summed E-state index contributed by atoms with van der Waals surface area (Å²) in [4.78, 5) is 54.8. The number of hydrogen-bond acceptors (Lipinski definition) is 7. The molecule has 0 bridgehead atoms. The van der Waals surface area contributed by atoms with Gasteiger partial charge in [-0.25, -0.2) is 22.7 Å². The highest BCUT2D eigenvalue weighted by molar-refractivity contribution is 7.90. The van der Waals surface area contributed by atoms with Crippen LogP contribution in [0.2, 0.25) is 5.02 Å². The highest BCUT2D eigenvalue weighted by atomic mass is 35.5. The first kappa shape index (κ1) is 35.8. The number of sulfonamides is 1. The van der Waals surface area contributed by atoms with Crippen LogP contribution in [0.4, 0.5) is 0 Å². The van der Waals surface area contributed by atoms with Crippen LogP contribution < -0.4 is 9.46 Å². The highest BCUT2D eigenvalue weighted by Crippen LogP contribution is 2.37. The minimum atomic E-state index is -4.72. The van der Waals surface area contributed by atoms with Gasteiger partial charge < -0.3 is 19.8 Å². The molecule has 52 heavy (non-hydrogen) atoms. The van der Waals surface area contributed by atoms with Gasteiger partial charge in [-0.3, -0.25) is 9.59 Å². The number of aryl methyl sites for hydroxylation is 1. The van der Waals surface area contributed by atoms with E-state index in [-0.39, 0.29) is 11.6 Å². The predicted molar refractivity (Wildman–Crippen MR) is 191 cm³/mol. The van der Waals surface area contributed by atoms with Gasteiger partial charge in [0.15, 0.2) is 0 Å². The van der Waals surface area contributed by atoms with Crippen LogP contribution in [0.25, 0.3) is 0 Å². The normalized spacial score (nSPS) is 13.8. The standard InChI is InChI=1S/C39H31ClN2O9S/c40-31-17-6-7-19-33(31)52(49,50)41-36(43)34-30(38(45)46)21-20-29(35(34)39(47)48)37(44)42(32-18-9-12-25-11-4-5-16-28(25)32)23-24-10-8-15-27(22-24)51-26-13-2-1-3-14-26/h1-8,10-11,13-17,19-22,32H,9,12,18,23H2,(H,41,43)(H,45,46)(H,47,48)/t32-/m0/s1. The minimum Gasteiger partial charge on any atom is -0.478 e. The number of carbonyl (C=O) groups excluding carboxylic acids is 2. The highest BCUT2D eigenvalue weighted by Gasteiger charge is 2.36. The Morgan fingerprint density at radius 2 is 1.44 bits per heavy atom. The number of nitrogens with one attached hydrogen (secondary N) is 1. The van der Waals surface area contributed by atoms with E-state index < -0.39 is 67.0 Å². The molecule has 0 heterocycles. The number of carboxylic acids is 2. The molecule has 1 atom stereocenters. The Balaban J connectivity index is 1.45. The van der Waals surface area contributed by atoms with Crippen LogP contribution in [0.15, 0.2) is 120 Å². The summed E-state index contributed by atoms with van der Waals surface area (Å²) >= 11 is 6.05. The van der Waals surface area contributed by atoms with E-state index >= 15 is 0 Å². The fraction of sp³-hybridized carbons (Fsp3) is 0.128. The Hall–Kier alpha value is -5.98. The maximum absolute atomic E-state index is 14.8. The number of aromatic carboxylic acids is 2. The monoisotopic (exact) mass is 738 g/mol. The van der Waals surface area contributed by atoms with Crippen molar-refractivity contribution in [3.8, 4) is 11.5 Å². The average Bonchev–Trinajstić information content (AvgIpc) is 3.13. The van der Waals surface area contributed by atoms with E-state index in [0.29, 0.717) is 23.5 Å². The Labute approximate surface area is 304 Å². The van der Waals surface area contributed by atoms with Crippen LogP contribution in [0.1, 0.15) is 77.0 Å². The largest absolute Gasteiger partial charge is 0.478 e. The maximum Gasteiger partial charge on any atom is 0.337 e. The van der Waals surface area contributed by atoms with Crippen molar-refractivity contribution >= 4 is 45.4 Å². The second-order valence-corrected chi connectivity index (χ2v) is 14.0. The van der Waals surface area contributed by atoms with Gasteiger partial charge in [0.2, 0.25) is 0 Å². The van der Waals surface area contributed by atoms with Crippen LogP contribution in [-0.2, 0) is 23.0 Å². The van der Waals surface area contributed by atoms with E-state index in [1.807, 2.05) is 42.5 Å². The van der Waals surface area contributed by atoms with Crippen LogP contribution in [0.3, 0.4) is 0 Å². The van der Waals surface area contributed by atoms with Crippen molar-refractivity contribution in [2.45, 2.75) is 36.7 Å². The summed E-state index contributed by atoms with van der Waals surface area (Å²) in [7, 11) is -4.72. The Morgan fingerprint density at radius 3 is 2.17 bits per heavy atom. The number of fused-ring (bicyclic) bond motifs is 1. The number of carbonyl (C=O) groups is 4. The van der Waals surface area contributed by atoms with Gasteiger partial charge in [0.25, 0.3) is 21.8 Å². The van der Waals surface area contributed by atoms with Gasteiger partial charge in [-0.15, -0.1) is 0 Å². The van der Waals surface area contributed by atoms with E-state index in [1.165, 1.54) is 23.1 Å². The summed E-state index contributed by atoms with van der Waals surface area (Å²) in [5, 5.41) is 20.3. The van der Waals surface area contributed by atoms with E-state index in [0.717, 1.165) is 42.2 Å². The number of ether oxygens (including phenoxy) is 1. The Morgan fingerprint density at radius 1 is 0.769 bits per heavy atom. The van der Waals surface area contributed by atoms with Gasteiger partial charge in [-0.05, 0) is 84.5 Å². The molecule has 1 aliphatic carbocycles. The third kappa shape index (κ3) is 7.53. The summed E-state index contributed by atoms with van der Waals surface area (Å²) in [6.07, 6.45) is 2.02. The lowest BCUT2D eigenvalue weighted by Gasteiger charge is -2.36. The van der Waals surface area contributed by atoms with E-state index in [4.69, 9.17) is 16.3 Å². The molecule has 0 aromatic heterocycles. The molecule has 3 N–H and O–H groups in total. The van der Waals surface area contributed by atoms with E-state index in [1.54, 1.807) is 41.1 Å². The molecule has 0 spiro atoms. The zero-order chi connectivity index (χ0) is 37.0. The van der Waals surface area contributed by atoms with Gasteiger partial charge in [0, 0.05) is 6.54 Å². The lowest BCUT2D eigenvalue weighted by atomic mass is 9.86. The lowest BCUT2D eigenvalue weighted by Crippen LogP contribution is -2.38. The molecule has 1 aliphatic rings. The lowest BCUT2D eigenvalue weighted by molar-refractivity contribution is 0.0612. The second kappa shape index (κ2) is 15.1. The number of para-hydroxylation sites is 1. The molecule has 0 saturated heterocycles. The average molecular weight is 739 g/mol. The Kier molecular flexibility index (Phi) is 10.4. The van der Waals surface area contributed by atoms with Crippen LogP contribution in [0.5, 0.6) is 11.5 Å². The number of halogens is 1. The van der Waals surface area contributed by atoms with Crippen LogP contribution in [-0.4, -0.2) is 47.3 Å². The van der Waals surface area contributed by atoms with Gasteiger partial charge in [0.05, 0.1) is 33.3 Å². The van der Waals surface area contributed by atoms with Gasteiger partial charge >= 0.3 is 11.9 Å². The van der Waals surface area contributed by atoms with Crippen molar-refractivity contribution in [2.75, 3.05) is 0 Å². The fourth-order valence-electron chi connectivity index (χ4n) is 6.37. The molecular weight excluding hydrogens is 708 g/mol. The molecule has 6 rings (SSSR count). The molecule has 5 aromatic rings. The number of carboxylic acid groups (broad SMARTS) is 2. The quantitative estimate of drug-likeness (QED) is 0.125. The molecule has 0 unspecified atom stereocenters.